The lowest BCUT2D eigenvalue weighted by atomic mass is 10.2. The Morgan fingerprint density at radius 3 is 2.30 bits per heavy atom. The van der Waals surface area contributed by atoms with Crippen LogP contribution in [0, 0.1) is 0 Å². The van der Waals surface area contributed by atoms with E-state index < -0.39 is 0 Å². The van der Waals surface area contributed by atoms with Gasteiger partial charge in [0.25, 0.3) is 0 Å². The number of hydrogen-bond donors (Lipinski definition) is 0. The molecule has 30 heavy (non-hydrogen) atoms. The summed E-state index contributed by atoms with van der Waals surface area (Å²) < 4.78 is 2.96. The zero-order chi connectivity index (χ0) is 20.6. The van der Waals surface area contributed by atoms with Gasteiger partial charge in [0.15, 0.2) is 0 Å². The number of aromatic nitrogens is 1. The van der Waals surface area contributed by atoms with Crippen molar-refractivity contribution in [2.75, 3.05) is 0 Å². The fraction of sp³-hybridized carbons (Fsp3) is 0.0400. The lowest BCUT2D eigenvalue weighted by Gasteiger charge is -2.03. The molecule has 5 heteroatoms. The number of nitrogens with zero attached hydrogens (tertiary/aromatic N) is 3. The van der Waals surface area contributed by atoms with Gasteiger partial charge in [0.1, 0.15) is 0 Å². The summed E-state index contributed by atoms with van der Waals surface area (Å²) in [7, 11) is 0. The van der Waals surface area contributed by atoms with Crippen LogP contribution in [0.25, 0.3) is 17.3 Å². The van der Waals surface area contributed by atoms with Crippen LogP contribution in [0.1, 0.15) is 11.1 Å². The van der Waals surface area contributed by atoms with E-state index in [4.69, 9.17) is 10.1 Å². The van der Waals surface area contributed by atoms with Crippen molar-refractivity contribution in [3.63, 3.8) is 0 Å². The largest absolute Gasteiger partial charge is 0.253 e. The van der Waals surface area contributed by atoms with Gasteiger partial charge in [-0.05, 0) is 29.3 Å². The maximum atomic E-state index is 4.81. The molecular formula is C25H20BrN3S. The van der Waals surface area contributed by atoms with E-state index in [2.05, 4.69) is 57.7 Å². The molecular weight excluding hydrogens is 454 g/mol. The van der Waals surface area contributed by atoms with Crippen LogP contribution in [0.3, 0.4) is 0 Å². The molecule has 0 saturated heterocycles. The van der Waals surface area contributed by atoms with Crippen LogP contribution in [-0.2, 0) is 6.54 Å². The molecule has 4 aromatic rings. The fourth-order valence-electron chi connectivity index (χ4n) is 2.90. The van der Waals surface area contributed by atoms with E-state index in [0.29, 0.717) is 6.54 Å². The topological polar surface area (TPSA) is 29.6 Å². The summed E-state index contributed by atoms with van der Waals surface area (Å²) in [6.07, 6.45) is 5.80. The standard InChI is InChI=1S/C25H20BrN3S/c26-23-15-13-22(14-16-23)24-19-30-25(27-18-21-10-5-2-6-11-21)29(24)28-17-7-12-20-8-3-1-4-9-20/h1-17,19H,18H2. The van der Waals surface area contributed by atoms with Gasteiger partial charge in [0.05, 0.1) is 12.2 Å². The van der Waals surface area contributed by atoms with Gasteiger partial charge >= 0.3 is 0 Å². The summed E-state index contributed by atoms with van der Waals surface area (Å²) in [5.74, 6) is 0. The predicted octanol–water partition coefficient (Wildman–Crippen LogP) is 6.63. The van der Waals surface area contributed by atoms with Crippen molar-refractivity contribution in [3.8, 4) is 11.3 Å². The van der Waals surface area contributed by atoms with Crippen molar-refractivity contribution in [1.29, 1.82) is 0 Å². The molecule has 3 aromatic carbocycles. The predicted molar refractivity (Wildman–Crippen MR) is 131 cm³/mol. The minimum atomic E-state index is 0.622. The van der Waals surface area contributed by atoms with E-state index in [1.165, 1.54) is 5.56 Å². The van der Waals surface area contributed by atoms with Gasteiger partial charge in [-0.1, -0.05) is 94.8 Å². The van der Waals surface area contributed by atoms with Gasteiger partial charge in [0, 0.05) is 21.6 Å². The van der Waals surface area contributed by atoms with Gasteiger partial charge in [-0.3, -0.25) is 4.99 Å². The first-order chi connectivity index (χ1) is 14.8. The number of benzene rings is 3. The fourth-order valence-corrected chi connectivity index (χ4v) is 4.01. The second-order valence-electron chi connectivity index (χ2n) is 6.56. The molecule has 0 aliphatic carbocycles. The summed E-state index contributed by atoms with van der Waals surface area (Å²) in [5.41, 5.74) is 4.43. The first-order valence-corrected chi connectivity index (χ1v) is 11.2. The summed E-state index contributed by atoms with van der Waals surface area (Å²) >= 11 is 5.10. The summed E-state index contributed by atoms with van der Waals surface area (Å²) in [5, 5.41) is 6.80. The van der Waals surface area contributed by atoms with Crippen LogP contribution in [0.4, 0.5) is 0 Å². The van der Waals surface area contributed by atoms with Gasteiger partial charge in [0.2, 0.25) is 4.80 Å². The molecule has 0 amide bonds. The molecule has 0 aliphatic rings. The summed E-state index contributed by atoms with van der Waals surface area (Å²) in [6, 6.07) is 28.7. The normalized spacial score (nSPS) is 12.2. The van der Waals surface area contributed by atoms with E-state index in [9.17, 15) is 0 Å². The van der Waals surface area contributed by atoms with Crippen molar-refractivity contribution < 1.29 is 0 Å². The lowest BCUT2D eigenvalue weighted by Crippen LogP contribution is -2.12. The third kappa shape index (κ3) is 5.32. The lowest BCUT2D eigenvalue weighted by molar-refractivity contribution is 0.825. The summed E-state index contributed by atoms with van der Waals surface area (Å²) in [6.45, 7) is 0.622. The number of hydrogen-bond acceptors (Lipinski definition) is 3. The van der Waals surface area contributed by atoms with Gasteiger partial charge in [-0.2, -0.15) is 5.10 Å². The van der Waals surface area contributed by atoms with Crippen LogP contribution in [-0.4, -0.2) is 10.9 Å². The highest BCUT2D eigenvalue weighted by Gasteiger charge is 2.07. The SMILES string of the molecule is Brc1ccc(-c2csc(=NCc3ccccc3)n2N=CC=Cc2ccccc2)cc1. The van der Waals surface area contributed by atoms with E-state index >= 15 is 0 Å². The van der Waals surface area contributed by atoms with Crippen molar-refractivity contribution in [3.05, 3.63) is 117 Å². The first-order valence-electron chi connectivity index (χ1n) is 9.56. The Bertz CT molecular complexity index is 1200. The van der Waals surface area contributed by atoms with E-state index in [0.717, 1.165) is 26.1 Å². The zero-order valence-corrected chi connectivity index (χ0v) is 18.6. The molecule has 0 saturated carbocycles. The second-order valence-corrected chi connectivity index (χ2v) is 8.31. The smallest absolute Gasteiger partial charge is 0.206 e. The van der Waals surface area contributed by atoms with Gasteiger partial charge in [-0.25, -0.2) is 4.68 Å². The molecule has 1 aromatic heterocycles. The van der Waals surface area contributed by atoms with Crippen LogP contribution >= 0.6 is 27.3 Å². The number of thiazole rings is 1. The number of rotatable bonds is 6. The quantitative estimate of drug-likeness (QED) is 0.281. The monoisotopic (exact) mass is 473 g/mol. The van der Waals surface area contributed by atoms with Crippen molar-refractivity contribution in [1.82, 2.24) is 4.68 Å². The Kier molecular flexibility index (Phi) is 6.85. The minimum Gasteiger partial charge on any atom is -0.253 e. The molecule has 0 fully saturated rings. The molecule has 0 atom stereocenters. The van der Waals surface area contributed by atoms with Crippen LogP contribution in [0.5, 0.6) is 0 Å². The average Bonchev–Trinajstić information content (AvgIpc) is 3.20. The van der Waals surface area contributed by atoms with Crippen molar-refractivity contribution in [2.45, 2.75) is 6.54 Å². The third-order valence-corrected chi connectivity index (χ3v) is 5.80. The average molecular weight is 474 g/mol. The first kappa shape index (κ1) is 20.3. The maximum absolute atomic E-state index is 4.81. The Morgan fingerprint density at radius 2 is 1.57 bits per heavy atom. The van der Waals surface area contributed by atoms with Gasteiger partial charge in [-0.15, -0.1) is 11.3 Å². The minimum absolute atomic E-state index is 0.622. The highest BCUT2D eigenvalue weighted by molar-refractivity contribution is 9.10. The maximum Gasteiger partial charge on any atom is 0.206 e. The molecule has 0 radical (unpaired) electrons. The molecule has 0 spiro atoms. The third-order valence-electron chi connectivity index (χ3n) is 4.42. The van der Waals surface area contributed by atoms with Gasteiger partial charge < -0.3 is 0 Å². The van der Waals surface area contributed by atoms with E-state index in [-0.39, 0.29) is 0 Å². The van der Waals surface area contributed by atoms with Crippen LogP contribution in [0.15, 0.2) is 111 Å². The number of allylic oxidation sites excluding steroid dienone is 1. The van der Waals surface area contributed by atoms with Crippen molar-refractivity contribution >= 4 is 39.6 Å². The Morgan fingerprint density at radius 1 is 0.867 bits per heavy atom. The second kappa shape index (κ2) is 10.1. The Balaban J connectivity index is 1.67. The number of halogens is 1. The molecule has 4 rings (SSSR count). The molecule has 3 nitrogen and oxygen atoms in total. The highest BCUT2D eigenvalue weighted by Crippen LogP contribution is 2.22. The summed E-state index contributed by atoms with van der Waals surface area (Å²) in [4.78, 5) is 5.67. The highest BCUT2D eigenvalue weighted by atomic mass is 79.9. The van der Waals surface area contributed by atoms with E-state index in [1.54, 1.807) is 11.3 Å². The molecule has 0 aliphatic heterocycles. The Labute approximate surface area is 188 Å². The molecule has 0 N–H and O–H groups in total. The molecule has 148 valence electrons. The van der Waals surface area contributed by atoms with E-state index in [1.807, 2.05) is 71.6 Å². The molecule has 0 bridgehead atoms. The van der Waals surface area contributed by atoms with Crippen LogP contribution in [0.2, 0.25) is 0 Å². The van der Waals surface area contributed by atoms with Crippen molar-refractivity contribution in [2.24, 2.45) is 10.1 Å². The zero-order valence-electron chi connectivity index (χ0n) is 16.2. The molecule has 0 unspecified atom stereocenters. The molecule has 1 heterocycles. The Hall–Kier alpha value is -3.02. The van der Waals surface area contributed by atoms with Crippen LogP contribution < -0.4 is 4.80 Å².